The highest BCUT2D eigenvalue weighted by Crippen LogP contribution is 2.37. The normalized spacial score (nSPS) is 10.9. The van der Waals surface area contributed by atoms with E-state index in [9.17, 15) is 22.8 Å². The summed E-state index contributed by atoms with van der Waals surface area (Å²) in [6.07, 6.45) is -4.62. The highest BCUT2D eigenvalue weighted by atomic mass is 19.4. The minimum absolute atomic E-state index is 0.0876. The average Bonchev–Trinajstić information content (AvgIpc) is 2.83. The molecule has 0 saturated carbocycles. The fraction of sp³-hybridized carbons (Fsp3) is 0.200. The molecule has 3 aromatic carbocycles. The lowest BCUT2D eigenvalue weighted by Crippen LogP contribution is -2.23. The number of rotatable bonds is 9. The lowest BCUT2D eigenvalue weighted by atomic mass is 10.1. The molecule has 0 heterocycles. The van der Waals surface area contributed by atoms with E-state index in [1.165, 1.54) is 43.5 Å². The van der Waals surface area contributed by atoms with Gasteiger partial charge < -0.3 is 25.4 Å². The Morgan fingerprint density at radius 3 is 2.29 bits per heavy atom. The summed E-state index contributed by atoms with van der Waals surface area (Å²) in [6.45, 7) is 1.50. The van der Waals surface area contributed by atoms with E-state index in [1.807, 2.05) is 0 Å². The molecular formula is C25H24F3N3O4. The molecule has 3 N–H and O–H groups in total. The molecule has 0 bridgehead atoms. The number of amides is 2. The third kappa shape index (κ3) is 6.89. The Kier molecular flexibility index (Phi) is 8.19. The molecule has 0 aromatic heterocycles. The standard InChI is InChI=1S/C25H24F3N3O4/c1-3-35-18-12-13-20(19(14-18)25(26,27)28)29-15-23(32)30-17-10-8-16(9-11-17)24(33)31-21-6-4-5-7-22(21)34-2/h4-14,29H,3,15H2,1-2H3,(H,30,32)(H,31,33). The number of halogens is 3. The van der Waals surface area contributed by atoms with Crippen LogP contribution in [0.1, 0.15) is 22.8 Å². The van der Waals surface area contributed by atoms with Gasteiger partial charge in [-0.25, -0.2) is 0 Å². The Hall–Kier alpha value is -4.21. The number of methoxy groups -OCH3 is 1. The molecule has 0 aliphatic carbocycles. The summed E-state index contributed by atoms with van der Waals surface area (Å²) in [5.74, 6) is -0.328. The summed E-state index contributed by atoms with van der Waals surface area (Å²) in [4.78, 5) is 24.8. The van der Waals surface area contributed by atoms with Crippen LogP contribution in [0.15, 0.2) is 66.7 Å². The number of nitrogens with one attached hydrogen (secondary N) is 3. The Labute approximate surface area is 200 Å². The monoisotopic (exact) mass is 487 g/mol. The van der Waals surface area contributed by atoms with Gasteiger partial charge >= 0.3 is 6.18 Å². The highest BCUT2D eigenvalue weighted by molar-refractivity contribution is 6.05. The van der Waals surface area contributed by atoms with Gasteiger partial charge in [-0.15, -0.1) is 0 Å². The molecule has 3 aromatic rings. The van der Waals surface area contributed by atoms with Crippen LogP contribution >= 0.6 is 0 Å². The first-order valence-electron chi connectivity index (χ1n) is 10.6. The molecule has 0 aliphatic rings. The zero-order valence-corrected chi connectivity index (χ0v) is 19.0. The van der Waals surface area contributed by atoms with Gasteiger partial charge in [0.1, 0.15) is 11.5 Å². The Balaban J connectivity index is 1.60. The van der Waals surface area contributed by atoms with Crippen molar-refractivity contribution in [1.82, 2.24) is 0 Å². The van der Waals surface area contributed by atoms with Gasteiger partial charge in [-0.05, 0) is 61.5 Å². The van der Waals surface area contributed by atoms with E-state index in [0.717, 1.165) is 6.07 Å². The first kappa shape index (κ1) is 25.4. The molecular weight excluding hydrogens is 463 g/mol. The summed E-state index contributed by atoms with van der Waals surface area (Å²) in [7, 11) is 1.50. The first-order chi connectivity index (χ1) is 16.7. The molecule has 0 atom stereocenters. The molecule has 2 amide bonds. The molecule has 0 saturated heterocycles. The molecule has 0 radical (unpaired) electrons. The number of carbonyl (C=O) groups excluding carboxylic acids is 2. The number of carbonyl (C=O) groups is 2. The second kappa shape index (κ2) is 11.3. The average molecular weight is 487 g/mol. The number of benzene rings is 3. The van der Waals surface area contributed by atoms with Crippen LogP contribution in [0, 0.1) is 0 Å². The SMILES string of the molecule is CCOc1ccc(NCC(=O)Nc2ccc(C(=O)Nc3ccccc3OC)cc2)c(C(F)(F)F)c1. The van der Waals surface area contributed by atoms with E-state index in [-0.39, 0.29) is 24.0 Å². The van der Waals surface area contributed by atoms with Crippen LogP contribution < -0.4 is 25.4 Å². The van der Waals surface area contributed by atoms with Crippen molar-refractivity contribution in [3.8, 4) is 11.5 Å². The zero-order chi connectivity index (χ0) is 25.4. The molecule has 0 fully saturated rings. The summed E-state index contributed by atoms with van der Waals surface area (Å²) in [6, 6.07) is 16.5. The van der Waals surface area contributed by atoms with E-state index in [0.29, 0.717) is 22.7 Å². The topological polar surface area (TPSA) is 88.7 Å². The van der Waals surface area contributed by atoms with Gasteiger partial charge in [-0.2, -0.15) is 13.2 Å². The maximum absolute atomic E-state index is 13.4. The molecule has 10 heteroatoms. The van der Waals surface area contributed by atoms with E-state index in [4.69, 9.17) is 9.47 Å². The summed E-state index contributed by atoms with van der Waals surface area (Å²) >= 11 is 0. The smallest absolute Gasteiger partial charge is 0.418 e. The predicted molar refractivity (Wildman–Crippen MR) is 127 cm³/mol. The summed E-state index contributed by atoms with van der Waals surface area (Å²) in [5.41, 5.74) is 0.0710. The molecule has 7 nitrogen and oxygen atoms in total. The van der Waals surface area contributed by atoms with Crippen molar-refractivity contribution in [1.29, 1.82) is 0 Å². The van der Waals surface area contributed by atoms with Crippen LogP contribution in [0.5, 0.6) is 11.5 Å². The number of para-hydroxylation sites is 2. The van der Waals surface area contributed by atoms with Crippen LogP contribution in [0.3, 0.4) is 0 Å². The maximum atomic E-state index is 13.4. The third-order valence-corrected chi connectivity index (χ3v) is 4.83. The van der Waals surface area contributed by atoms with Gasteiger partial charge in [0.2, 0.25) is 5.91 Å². The Morgan fingerprint density at radius 2 is 1.63 bits per heavy atom. The van der Waals surface area contributed by atoms with Crippen molar-refractivity contribution in [3.63, 3.8) is 0 Å². The second-order valence-corrected chi connectivity index (χ2v) is 7.27. The maximum Gasteiger partial charge on any atom is 0.418 e. The predicted octanol–water partition coefficient (Wildman–Crippen LogP) is 5.42. The minimum atomic E-state index is -4.62. The number of anilines is 3. The molecule has 184 valence electrons. The van der Waals surface area contributed by atoms with Gasteiger partial charge in [0.25, 0.3) is 5.91 Å². The van der Waals surface area contributed by atoms with Crippen molar-refractivity contribution in [2.45, 2.75) is 13.1 Å². The van der Waals surface area contributed by atoms with E-state index in [2.05, 4.69) is 16.0 Å². The highest BCUT2D eigenvalue weighted by Gasteiger charge is 2.34. The van der Waals surface area contributed by atoms with Gasteiger partial charge in [0.05, 0.1) is 31.5 Å². The van der Waals surface area contributed by atoms with Crippen molar-refractivity contribution in [2.24, 2.45) is 0 Å². The van der Waals surface area contributed by atoms with Crippen molar-refractivity contribution >= 4 is 28.9 Å². The summed E-state index contributed by atoms with van der Waals surface area (Å²) in [5, 5.41) is 7.83. The van der Waals surface area contributed by atoms with E-state index >= 15 is 0 Å². The van der Waals surface area contributed by atoms with Crippen LogP contribution in [-0.4, -0.2) is 32.1 Å². The van der Waals surface area contributed by atoms with Gasteiger partial charge in [0, 0.05) is 16.9 Å². The molecule has 3 rings (SSSR count). The van der Waals surface area contributed by atoms with Crippen LogP contribution in [0.2, 0.25) is 0 Å². The van der Waals surface area contributed by atoms with Crippen molar-refractivity contribution in [2.75, 3.05) is 36.2 Å². The van der Waals surface area contributed by atoms with Crippen molar-refractivity contribution < 1.29 is 32.2 Å². The van der Waals surface area contributed by atoms with Crippen LogP contribution in [-0.2, 0) is 11.0 Å². The number of hydrogen-bond donors (Lipinski definition) is 3. The molecule has 0 spiro atoms. The zero-order valence-electron chi connectivity index (χ0n) is 19.0. The lowest BCUT2D eigenvalue weighted by Gasteiger charge is -2.16. The second-order valence-electron chi connectivity index (χ2n) is 7.27. The van der Waals surface area contributed by atoms with Crippen molar-refractivity contribution in [3.05, 3.63) is 77.9 Å². The quantitative estimate of drug-likeness (QED) is 0.375. The van der Waals surface area contributed by atoms with Crippen LogP contribution in [0.4, 0.5) is 30.2 Å². The summed E-state index contributed by atoms with van der Waals surface area (Å²) < 4.78 is 50.5. The molecule has 35 heavy (non-hydrogen) atoms. The van der Waals surface area contributed by atoms with Gasteiger partial charge in [-0.1, -0.05) is 12.1 Å². The first-order valence-corrected chi connectivity index (χ1v) is 10.6. The Morgan fingerprint density at radius 1 is 0.914 bits per heavy atom. The number of ether oxygens (including phenoxy) is 2. The third-order valence-electron chi connectivity index (χ3n) is 4.83. The molecule has 0 aliphatic heterocycles. The number of hydrogen-bond acceptors (Lipinski definition) is 5. The van der Waals surface area contributed by atoms with E-state index in [1.54, 1.807) is 31.2 Å². The van der Waals surface area contributed by atoms with Gasteiger partial charge in [0.15, 0.2) is 0 Å². The van der Waals surface area contributed by atoms with Crippen LogP contribution in [0.25, 0.3) is 0 Å². The van der Waals surface area contributed by atoms with E-state index < -0.39 is 24.2 Å². The number of alkyl halides is 3. The fourth-order valence-electron chi connectivity index (χ4n) is 3.20. The van der Waals surface area contributed by atoms with Gasteiger partial charge in [-0.3, -0.25) is 9.59 Å². The fourth-order valence-corrected chi connectivity index (χ4v) is 3.20. The molecule has 0 unspecified atom stereocenters. The minimum Gasteiger partial charge on any atom is -0.495 e. The largest absolute Gasteiger partial charge is 0.495 e. The Bertz CT molecular complexity index is 1180. The lowest BCUT2D eigenvalue weighted by molar-refractivity contribution is -0.137.